The van der Waals surface area contributed by atoms with Crippen LogP contribution in [0.5, 0.6) is 11.5 Å². The van der Waals surface area contributed by atoms with Gasteiger partial charge in [0.05, 0.1) is 12.8 Å². The first-order chi connectivity index (χ1) is 10.2. The van der Waals surface area contributed by atoms with Crippen molar-refractivity contribution < 1.29 is 9.84 Å². The minimum absolute atomic E-state index is 0.166. The van der Waals surface area contributed by atoms with E-state index in [2.05, 4.69) is 24.1 Å². The molecule has 1 N–H and O–H groups in total. The zero-order chi connectivity index (χ0) is 14.8. The Labute approximate surface area is 124 Å². The summed E-state index contributed by atoms with van der Waals surface area (Å²) in [6.07, 6.45) is 7.29. The van der Waals surface area contributed by atoms with Gasteiger partial charge in [-0.2, -0.15) is 0 Å². The van der Waals surface area contributed by atoms with E-state index >= 15 is 0 Å². The number of hydrogen-bond acceptors (Lipinski definition) is 3. The summed E-state index contributed by atoms with van der Waals surface area (Å²) in [6.45, 7) is 2.08. The summed E-state index contributed by atoms with van der Waals surface area (Å²) in [5.74, 6) is 0.662. The van der Waals surface area contributed by atoms with Crippen molar-refractivity contribution in [3.05, 3.63) is 52.8 Å². The first-order valence-corrected chi connectivity index (χ1v) is 7.21. The molecule has 2 aromatic rings. The Hall–Kier alpha value is -2.29. The Kier molecular flexibility index (Phi) is 3.65. The quantitative estimate of drug-likeness (QED) is 0.905. The first-order valence-electron chi connectivity index (χ1n) is 7.21. The van der Waals surface area contributed by atoms with Gasteiger partial charge in [0.1, 0.15) is 0 Å². The van der Waals surface area contributed by atoms with Crippen LogP contribution < -0.4 is 4.74 Å². The molecule has 0 fully saturated rings. The molecule has 0 bridgehead atoms. The van der Waals surface area contributed by atoms with Crippen LogP contribution in [-0.4, -0.2) is 17.2 Å². The molecule has 21 heavy (non-hydrogen) atoms. The lowest BCUT2D eigenvalue weighted by Gasteiger charge is -2.18. The largest absolute Gasteiger partial charge is 0.504 e. The number of methoxy groups -OCH3 is 1. The third-order valence-corrected chi connectivity index (χ3v) is 3.84. The summed E-state index contributed by atoms with van der Waals surface area (Å²) >= 11 is 0. The van der Waals surface area contributed by atoms with E-state index in [0.29, 0.717) is 5.75 Å². The molecule has 3 rings (SSSR count). The van der Waals surface area contributed by atoms with Crippen LogP contribution in [0.1, 0.15) is 35.2 Å². The van der Waals surface area contributed by atoms with E-state index in [1.54, 1.807) is 19.2 Å². The number of aryl methyl sites for hydroxylation is 2. The van der Waals surface area contributed by atoms with Gasteiger partial charge in [-0.1, -0.05) is 12.1 Å². The number of fused-ring (bicyclic) bond motifs is 1. The fourth-order valence-electron chi connectivity index (χ4n) is 2.84. The molecule has 3 nitrogen and oxygen atoms in total. The van der Waals surface area contributed by atoms with Crippen molar-refractivity contribution in [2.45, 2.75) is 26.2 Å². The molecular formula is C18H19NO2. The van der Waals surface area contributed by atoms with Gasteiger partial charge in [0.2, 0.25) is 0 Å². The highest BCUT2D eigenvalue weighted by Gasteiger charge is 2.15. The van der Waals surface area contributed by atoms with E-state index < -0.39 is 0 Å². The van der Waals surface area contributed by atoms with Crippen LogP contribution in [-0.2, 0) is 6.42 Å². The second-order valence-corrected chi connectivity index (χ2v) is 5.47. The molecule has 108 valence electrons. The Morgan fingerprint density at radius 2 is 2.10 bits per heavy atom. The van der Waals surface area contributed by atoms with Crippen molar-refractivity contribution in [3.63, 3.8) is 0 Å². The van der Waals surface area contributed by atoms with Gasteiger partial charge in [-0.25, -0.2) is 0 Å². The van der Waals surface area contributed by atoms with E-state index in [-0.39, 0.29) is 5.75 Å². The highest BCUT2D eigenvalue weighted by Crippen LogP contribution is 2.33. The van der Waals surface area contributed by atoms with Crippen LogP contribution >= 0.6 is 0 Å². The van der Waals surface area contributed by atoms with Gasteiger partial charge in [0.15, 0.2) is 11.5 Å². The molecule has 0 radical (unpaired) electrons. The zero-order valence-electron chi connectivity index (χ0n) is 12.4. The number of nitrogens with zero attached hydrogens (tertiary/aromatic N) is 1. The number of aromatic hydroxyl groups is 1. The third kappa shape index (κ3) is 2.77. The Balaban J connectivity index is 2.00. The van der Waals surface area contributed by atoms with Crippen LogP contribution in [0.15, 0.2) is 30.5 Å². The monoisotopic (exact) mass is 281 g/mol. The number of aromatic nitrogens is 1. The molecule has 0 unspecified atom stereocenters. The van der Waals surface area contributed by atoms with Gasteiger partial charge in [0, 0.05) is 6.20 Å². The fourth-order valence-corrected chi connectivity index (χ4v) is 2.84. The topological polar surface area (TPSA) is 42.4 Å². The minimum atomic E-state index is 0.166. The highest BCUT2D eigenvalue weighted by molar-refractivity contribution is 5.82. The van der Waals surface area contributed by atoms with Crippen molar-refractivity contribution in [1.82, 2.24) is 4.98 Å². The third-order valence-electron chi connectivity index (χ3n) is 3.84. The molecule has 1 aromatic heterocycles. The lowest BCUT2D eigenvalue weighted by molar-refractivity contribution is 0.373. The second kappa shape index (κ2) is 5.60. The molecule has 1 aliphatic rings. The van der Waals surface area contributed by atoms with Crippen molar-refractivity contribution >= 4 is 11.6 Å². The van der Waals surface area contributed by atoms with Crippen LogP contribution in [0.2, 0.25) is 0 Å². The lowest BCUT2D eigenvalue weighted by Crippen LogP contribution is -2.04. The summed E-state index contributed by atoms with van der Waals surface area (Å²) in [5.41, 5.74) is 5.84. The number of phenols is 1. The molecule has 0 atom stereocenters. The van der Waals surface area contributed by atoms with E-state index in [1.807, 2.05) is 12.3 Å². The van der Waals surface area contributed by atoms with Gasteiger partial charge in [0.25, 0.3) is 0 Å². The summed E-state index contributed by atoms with van der Waals surface area (Å²) in [7, 11) is 1.55. The lowest BCUT2D eigenvalue weighted by atomic mass is 9.89. The van der Waals surface area contributed by atoms with Crippen molar-refractivity contribution in [3.8, 4) is 11.5 Å². The van der Waals surface area contributed by atoms with E-state index in [0.717, 1.165) is 30.5 Å². The highest BCUT2D eigenvalue weighted by atomic mass is 16.5. The average molecular weight is 281 g/mol. The zero-order valence-corrected chi connectivity index (χ0v) is 12.4. The molecule has 3 heteroatoms. The maximum Gasteiger partial charge on any atom is 0.160 e. The summed E-state index contributed by atoms with van der Waals surface area (Å²) in [4.78, 5) is 4.60. The Bertz CT molecular complexity index is 704. The number of hydrogen-bond donors (Lipinski definition) is 1. The number of rotatable bonds is 2. The van der Waals surface area contributed by atoms with Crippen LogP contribution in [0.3, 0.4) is 0 Å². The van der Waals surface area contributed by atoms with Crippen LogP contribution in [0.25, 0.3) is 11.6 Å². The standard InChI is InChI=1S/C18H19NO2/c1-12-8-14-4-3-5-15(18(14)19-11-12)9-13-6-7-17(21-2)16(20)10-13/h6-11,20H,3-5H2,1-2H3/b15-9+. The van der Waals surface area contributed by atoms with E-state index in [4.69, 9.17) is 4.74 Å². The smallest absolute Gasteiger partial charge is 0.160 e. The van der Waals surface area contributed by atoms with Gasteiger partial charge in [-0.05, 0) is 66.7 Å². The summed E-state index contributed by atoms with van der Waals surface area (Å²) in [5, 5.41) is 9.88. The SMILES string of the molecule is COc1ccc(/C=C2\CCCc3cc(C)cnc32)cc1O. The fraction of sp³-hybridized carbons (Fsp3) is 0.278. The Morgan fingerprint density at radius 3 is 2.86 bits per heavy atom. The minimum Gasteiger partial charge on any atom is -0.504 e. The number of pyridine rings is 1. The number of allylic oxidation sites excluding steroid dienone is 1. The maximum atomic E-state index is 9.88. The summed E-state index contributed by atoms with van der Waals surface area (Å²) < 4.78 is 5.08. The van der Waals surface area contributed by atoms with Crippen LogP contribution in [0.4, 0.5) is 0 Å². The molecule has 1 heterocycles. The van der Waals surface area contributed by atoms with Crippen LogP contribution in [0, 0.1) is 6.92 Å². The maximum absolute atomic E-state index is 9.88. The molecule has 1 aromatic carbocycles. The molecule has 0 saturated heterocycles. The number of phenolic OH excluding ortho intramolecular Hbond substituents is 1. The van der Waals surface area contributed by atoms with E-state index in [1.165, 1.54) is 16.7 Å². The van der Waals surface area contributed by atoms with Gasteiger partial charge >= 0.3 is 0 Å². The number of ether oxygens (including phenoxy) is 1. The first kappa shape index (κ1) is 13.7. The van der Waals surface area contributed by atoms with Gasteiger partial charge < -0.3 is 9.84 Å². The number of benzene rings is 1. The molecule has 1 aliphatic carbocycles. The van der Waals surface area contributed by atoms with Gasteiger partial charge in [-0.15, -0.1) is 0 Å². The summed E-state index contributed by atoms with van der Waals surface area (Å²) in [6, 6.07) is 7.69. The predicted molar refractivity (Wildman–Crippen MR) is 84.4 cm³/mol. The average Bonchev–Trinajstić information content (AvgIpc) is 2.47. The Morgan fingerprint density at radius 1 is 1.24 bits per heavy atom. The second-order valence-electron chi connectivity index (χ2n) is 5.47. The van der Waals surface area contributed by atoms with E-state index in [9.17, 15) is 5.11 Å². The van der Waals surface area contributed by atoms with Crippen molar-refractivity contribution in [1.29, 1.82) is 0 Å². The molecule has 0 spiro atoms. The van der Waals surface area contributed by atoms with Crippen molar-refractivity contribution in [2.75, 3.05) is 7.11 Å². The molecule has 0 saturated carbocycles. The molecular weight excluding hydrogens is 262 g/mol. The molecule has 0 aliphatic heterocycles. The normalized spacial score (nSPS) is 15.8. The van der Waals surface area contributed by atoms with Crippen molar-refractivity contribution in [2.24, 2.45) is 0 Å². The predicted octanol–water partition coefficient (Wildman–Crippen LogP) is 3.98. The van der Waals surface area contributed by atoms with Gasteiger partial charge in [-0.3, -0.25) is 4.98 Å². The molecule has 0 amide bonds.